The third-order valence-corrected chi connectivity index (χ3v) is 4.27. The second kappa shape index (κ2) is 5.01. The number of anilines is 1. The Morgan fingerprint density at radius 2 is 2.05 bits per heavy atom. The maximum atomic E-state index is 4.46. The van der Waals surface area contributed by atoms with Crippen molar-refractivity contribution in [1.82, 2.24) is 14.6 Å². The summed E-state index contributed by atoms with van der Waals surface area (Å²) in [6, 6.07) is 10.3. The molecule has 3 rings (SSSR count). The number of hydrogen-bond donors (Lipinski definition) is 1. The van der Waals surface area contributed by atoms with E-state index in [9.17, 15) is 0 Å². The maximum absolute atomic E-state index is 4.46. The van der Waals surface area contributed by atoms with Crippen LogP contribution in [0, 0.1) is 6.92 Å². The van der Waals surface area contributed by atoms with E-state index in [0.29, 0.717) is 5.95 Å². The van der Waals surface area contributed by atoms with Crippen LogP contribution in [0.3, 0.4) is 0 Å². The minimum absolute atomic E-state index is 0.681. The van der Waals surface area contributed by atoms with E-state index in [1.54, 1.807) is 0 Å². The molecule has 0 saturated heterocycles. The molecule has 0 aliphatic heterocycles. The smallest absolute Gasteiger partial charge is 0.243 e. The van der Waals surface area contributed by atoms with E-state index in [1.165, 1.54) is 9.75 Å². The Bertz CT molecular complexity index is 698. The van der Waals surface area contributed by atoms with Gasteiger partial charge >= 0.3 is 0 Å². The van der Waals surface area contributed by atoms with Crippen molar-refractivity contribution in [2.24, 2.45) is 0 Å². The van der Waals surface area contributed by atoms with E-state index < -0.39 is 0 Å². The van der Waals surface area contributed by atoms with Gasteiger partial charge in [-0.2, -0.15) is 4.98 Å². The van der Waals surface area contributed by atoms with Crippen LogP contribution in [0.5, 0.6) is 0 Å². The van der Waals surface area contributed by atoms with E-state index in [0.717, 1.165) is 24.3 Å². The summed E-state index contributed by atoms with van der Waals surface area (Å²) in [5, 5.41) is 7.74. The Labute approximate surface area is 116 Å². The molecule has 5 heteroatoms. The molecule has 0 spiro atoms. The highest BCUT2D eigenvalue weighted by Gasteiger charge is 2.05. The molecule has 0 atom stereocenters. The highest BCUT2D eigenvalue weighted by atomic mass is 32.1. The van der Waals surface area contributed by atoms with Gasteiger partial charge in [0, 0.05) is 15.4 Å². The normalized spacial score (nSPS) is 11.1. The van der Waals surface area contributed by atoms with Gasteiger partial charge in [-0.25, -0.2) is 4.52 Å². The third-order valence-electron chi connectivity index (χ3n) is 3.04. The Balaban J connectivity index is 1.76. The fourth-order valence-electron chi connectivity index (χ4n) is 1.98. The molecule has 19 heavy (non-hydrogen) atoms. The second-order valence-corrected chi connectivity index (χ2v) is 5.70. The van der Waals surface area contributed by atoms with E-state index in [2.05, 4.69) is 34.5 Å². The Morgan fingerprint density at radius 3 is 2.79 bits per heavy atom. The third kappa shape index (κ3) is 2.46. The number of aryl methyl sites for hydroxylation is 2. The number of nitrogens with one attached hydrogen (secondary N) is 1. The summed E-state index contributed by atoms with van der Waals surface area (Å²) in [5.74, 6) is 0.681. The number of rotatable bonds is 4. The minimum Gasteiger partial charge on any atom is -0.348 e. The van der Waals surface area contributed by atoms with Gasteiger partial charge in [0.2, 0.25) is 5.95 Å². The fourth-order valence-corrected chi connectivity index (χ4v) is 2.88. The molecule has 0 aliphatic carbocycles. The highest BCUT2D eigenvalue weighted by Crippen LogP contribution is 2.18. The van der Waals surface area contributed by atoms with Crippen molar-refractivity contribution in [3.05, 3.63) is 45.8 Å². The highest BCUT2D eigenvalue weighted by molar-refractivity contribution is 7.12. The summed E-state index contributed by atoms with van der Waals surface area (Å²) in [6.07, 6.45) is 1.09. The predicted octanol–water partition coefficient (Wildman–Crippen LogP) is 3.27. The predicted molar refractivity (Wildman–Crippen MR) is 78.7 cm³/mol. The van der Waals surface area contributed by atoms with Crippen molar-refractivity contribution in [3.63, 3.8) is 0 Å². The molecule has 0 aliphatic rings. The van der Waals surface area contributed by atoms with Crippen LogP contribution in [0.25, 0.3) is 5.65 Å². The largest absolute Gasteiger partial charge is 0.348 e. The summed E-state index contributed by atoms with van der Waals surface area (Å²) in [7, 11) is 0. The molecule has 0 saturated carbocycles. The molecular formula is C14H16N4S. The lowest BCUT2D eigenvalue weighted by molar-refractivity contribution is 0.910. The van der Waals surface area contributed by atoms with E-state index in [-0.39, 0.29) is 0 Å². The van der Waals surface area contributed by atoms with Gasteiger partial charge in [-0.15, -0.1) is 16.4 Å². The standard InChI is InChI=1S/C14H16N4S/c1-3-11-7-8-12(19-11)9-15-14-16-13-6-4-5-10(2)18(13)17-14/h4-8H,3,9H2,1-2H3,(H,15,17). The molecule has 0 bridgehead atoms. The summed E-state index contributed by atoms with van der Waals surface area (Å²) in [4.78, 5) is 7.19. The Hall–Kier alpha value is -1.88. The van der Waals surface area contributed by atoms with Gasteiger partial charge in [0.1, 0.15) is 0 Å². The zero-order valence-electron chi connectivity index (χ0n) is 11.1. The topological polar surface area (TPSA) is 42.2 Å². The van der Waals surface area contributed by atoms with Gasteiger partial charge in [0.25, 0.3) is 0 Å². The van der Waals surface area contributed by atoms with Crippen molar-refractivity contribution in [2.45, 2.75) is 26.8 Å². The lowest BCUT2D eigenvalue weighted by Crippen LogP contribution is -1.99. The van der Waals surface area contributed by atoms with Crippen molar-refractivity contribution in [3.8, 4) is 0 Å². The van der Waals surface area contributed by atoms with Crippen molar-refractivity contribution >= 4 is 22.9 Å². The van der Waals surface area contributed by atoms with E-state index in [4.69, 9.17) is 0 Å². The van der Waals surface area contributed by atoms with Gasteiger partial charge in [0.05, 0.1) is 6.54 Å². The Morgan fingerprint density at radius 1 is 1.21 bits per heavy atom. The van der Waals surface area contributed by atoms with E-state index >= 15 is 0 Å². The quantitative estimate of drug-likeness (QED) is 0.792. The number of nitrogens with zero attached hydrogens (tertiary/aromatic N) is 3. The second-order valence-electron chi connectivity index (χ2n) is 4.45. The molecule has 0 radical (unpaired) electrons. The molecule has 3 aromatic heterocycles. The summed E-state index contributed by atoms with van der Waals surface area (Å²) in [6.45, 7) is 4.98. The number of hydrogen-bond acceptors (Lipinski definition) is 4. The summed E-state index contributed by atoms with van der Waals surface area (Å²) in [5.41, 5.74) is 1.96. The molecule has 3 heterocycles. The average molecular weight is 272 g/mol. The van der Waals surface area contributed by atoms with Gasteiger partial charge in [0.15, 0.2) is 5.65 Å². The monoisotopic (exact) mass is 272 g/mol. The molecule has 0 unspecified atom stereocenters. The van der Waals surface area contributed by atoms with Crippen molar-refractivity contribution in [1.29, 1.82) is 0 Å². The van der Waals surface area contributed by atoms with Crippen molar-refractivity contribution < 1.29 is 0 Å². The molecular weight excluding hydrogens is 256 g/mol. The number of aromatic nitrogens is 3. The van der Waals surface area contributed by atoms with Gasteiger partial charge < -0.3 is 5.32 Å². The van der Waals surface area contributed by atoms with Crippen LogP contribution in [0.15, 0.2) is 30.3 Å². The first-order chi connectivity index (χ1) is 9.26. The number of fused-ring (bicyclic) bond motifs is 1. The molecule has 0 aromatic carbocycles. The zero-order chi connectivity index (χ0) is 13.2. The lowest BCUT2D eigenvalue weighted by Gasteiger charge is -1.97. The molecule has 0 fully saturated rings. The van der Waals surface area contributed by atoms with Crippen LogP contribution < -0.4 is 5.32 Å². The molecule has 98 valence electrons. The SMILES string of the molecule is CCc1ccc(CNc2nc3cccc(C)n3n2)s1. The Kier molecular flexibility index (Phi) is 3.21. The van der Waals surface area contributed by atoms with Crippen LogP contribution >= 0.6 is 11.3 Å². The summed E-state index contributed by atoms with van der Waals surface area (Å²) >= 11 is 1.84. The lowest BCUT2D eigenvalue weighted by atomic mass is 10.4. The molecule has 3 aromatic rings. The molecule has 1 N–H and O–H groups in total. The molecule has 0 amide bonds. The van der Waals surface area contributed by atoms with Gasteiger partial charge in [-0.1, -0.05) is 13.0 Å². The number of pyridine rings is 1. The van der Waals surface area contributed by atoms with Gasteiger partial charge in [-0.05, 0) is 37.6 Å². The minimum atomic E-state index is 0.681. The van der Waals surface area contributed by atoms with E-state index in [1.807, 2.05) is 41.0 Å². The average Bonchev–Trinajstić information content (AvgIpc) is 3.03. The van der Waals surface area contributed by atoms with Crippen LogP contribution in [-0.2, 0) is 13.0 Å². The maximum Gasteiger partial charge on any atom is 0.243 e. The summed E-state index contributed by atoms with van der Waals surface area (Å²) < 4.78 is 1.86. The molecule has 4 nitrogen and oxygen atoms in total. The van der Waals surface area contributed by atoms with Crippen LogP contribution in [0.4, 0.5) is 5.95 Å². The van der Waals surface area contributed by atoms with Crippen LogP contribution in [-0.4, -0.2) is 14.6 Å². The van der Waals surface area contributed by atoms with Crippen molar-refractivity contribution in [2.75, 3.05) is 5.32 Å². The van der Waals surface area contributed by atoms with Crippen LogP contribution in [0.1, 0.15) is 22.4 Å². The fraction of sp³-hybridized carbons (Fsp3) is 0.286. The van der Waals surface area contributed by atoms with Gasteiger partial charge in [-0.3, -0.25) is 0 Å². The first-order valence-corrected chi connectivity index (χ1v) is 7.22. The zero-order valence-corrected chi connectivity index (χ0v) is 11.9. The first kappa shape index (κ1) is 12.2. The van der Waals surface area contributed by atoms with Crippen LogP contribution in [0.2, 0.25) is 0 Å². The number of thiophene rings is 1. The first-order valence-electron chi connectivity index (χ1n) is 6.40.